The van der Waals surface area contributed by atoms with E-state index in [1.54, 1.807) is 24.3 Å². The van der Waals surface area contributed by atoms with Crippen molar-refractivity contribution in [1.29, 1.82) is 0 Å². The molecule has 3 heterocycles. The van der Waals surface area contributed by atoms with Crippen LogP contribution in [0.15, 0.2) is 108 Å². The molecule has 7 nitrogen and oxygen atoms in total. The summed E-state index contributed by atoms with van der Waals surface area (Å²) in [6.45, 7) is 10.8. The zero-order valence-corrected chi connectivity index (χ0v) is 24.5. The fraction of sp³-hybridized carbons (Fsp3) is 0.139. The summed E-state index contributed by atoms with van der Waals surface area (Å²) in [7, 11) is 4.02. The number of hydrogen-bond acceptors (Lipinski definition) is 2. The van der Waals surface area contributed by atoms with E-state index in [2.05, 4.69) is 37.9 Å². The van der Waals surface area contributed by atoms with E-state index in [1.165, 1.54) is 5.52 Å². The van der Waals surface area contributed by atoms with Crippen LogP contribution >= 0.6 is 0 Å². The van der Waals surface area contributed by atoms with Crippen molar-refractivity contribution in [2.45, 2.75) is 19.4 Å². The van der Waals surface area contributed by atoms with Crippen LogP contribution in [0.5, 0.6) is 0 Å². The highest BCUT2D eigenvalue weighted by molar-refractivity contribution is 6.00. The van der Waals surface area contributed by atoms with Crippen molar-refractivity contribution in [3.05, 3.63) is 136 Å². The van der Waals surface area contributed by atoms with Gasteiger partial charge in [-0.05, 0) is 96.9 Å². The topological polar surface area (TPSA) is 76.2 Å². The normalized spacial score (nSPS) is 11.4. The Morgan fingerprint density at radius 3 is 2.16 bits per heavy atom. The molecule has 0 radical (unpaired) electrons. The number of para-hydroxylation sites is 1. The first-order chi connectivity index (χ1) is 20.6. The number of carbonyl (C=O) groups is 1. The summed E-state index contributed by atoms with van der Waals surface area (Å²) in [4.78, 5) is 32.5. The summed E-state index contributed by atoms with van der Waals surface area (Å²) < 4.78 is 4.12. The molecule has 0 aliphatic carbocycles. The number of nitrogens with one attached hydrogen (secondary N) is 2. The van der Waals surface area contributed by atoms with Gasteiger partial charge in [0.2, 0.25) is 0 Å². The lowest BCUT2D eigenvalue weighted by molar-refractivity contribution is 0.0912. The predicted octanol–water partition coefficient (Wildman–Crippen LogP) is 7.57. The van der Waals surface area contributed by atoms with Gasteiger partial charge in [0.15, 0.2) is 11.1 Å². The molecule has 3 aromatic heterocycles. The monoisotopic (exact) mass is 565 g/mol. The number of aromatic nitrogens is 3. The quantitative estimate of drug-likeness (QED) is 0.171. The Morgan fingerprint density at radius 1 is 0.791 bits per heavy atom. The summed E-state index contributed by atoms with van der Waals surface area (Å²) in [6, 6.07) is 28.6. The summed E-state index contributed by atoms with van der Waals surface area (Å²) >= 11 is 0. The molecule has 1 amide bonds. The molecular formula is C36H31N5O2. The maximum atomic E-state index is 13.1. The minimum atomic E-state index is -0.563. The van der Waals surface area contributed by atoms with Gasteiger partial charge in [0, 0.05) is 59.4 Å². The highest BCUT2D eigenvalue weighted by Gasteiger charge is 2.24. The molecule has 0 aliphatic heterocycles. The van der Waals surface area contributed by atoms with E-state index in [0.717, 1.165) is 27.4 Å². The number of carbonyl (C=O) groups excluding carboxylic acids is 1. The van der Waals surface area contributed by atoms with Crippen molar-refractivity contribution in [2.75, 3.05) is 0 Å². The zero-order chi connectivity index (χ0) is 30.3. The zero-order valence-electron chi connectivity index (χ0n) is 24.5. The van der Waals surface area contributed by atoms with Crippen molar-refractivity contribution in [3.63, 3.8) is 0 Å². The van der Waals surface area contributed by atoms with E-state index in [9.17, 15) is 9.59 Å². The van der Waals surface area contributed by atoms with Gasteiger partial charge in [-0.2, -0.15) is 0 Å². The van der Waals surface area contributed by atoms with Crippen LogP contribution in [0, 0.1) is 6.57 Å². The number of hydrogen-bond donors (Lipinski definition) is 2. The van der Waals surface area contributed by atoms with Gasteiger partial charge in [-0.25, -0.2) is 4.85 Å². The molecule has 0 saturated carbocycles. The van der Waals surface area contributed by atoms with E-state index < -0.39 is 5.54 Å². The number of H-pyrrole nitrogens is 1. The SMILES string of the molecule is Cn1ccc2cc(C(C)(C)NC(=O)c3ccc4c(=O)c5ccccc5[nH]c4c3)ccc21.[C-]#[N+]c1ccc2c(ccn2C)c1. The molecule has 0 aliphatic rings. The Balaban J connectivity index is 0.000000229. The number of aromatic amines is 1. The van der Waals surface area contributed by atoms with Crippen molar-refractivity contribution in [3.8, 4) is 0 Å². The van der Waals surface area contributed by atoms with Gasteiger partial charge in [0.05, 0.1) is 17.6 Å². The second-order valence-corrected chi connectivity index (χ2v) is 11.3. The van der Waals surface area contributed by atoms with Crippen molar-refractivity contribution >= 4 is 55.2 Å². The molecule has 7 heteroatoms. The largest absolute Gasteiger partial charge is 0.354 e. The number of amides is 1. The molecule has 4 aromatic carbocycles. The van der Waals surface area contributed by atoms with E-state index >= 15 is 0 Å². The molecule has 0 spiro atoms. The minimum absolute atomic E-state index is 0.0344. The van der Waals surface area contributed by atoms with Crippen LogP contribution < -0.4 is 10.7 Å². The number of fused-ring (bicyclic) bond motifs is 4. The smallest absolute Gasteiger partial charge is 0.252 e. The fourth-order valence-electron chi connectivity index (χ4n) is 5.50. The average molecular weight is 566 g/mol. The van der Waals surface area contributed by atoms with E-state index in [-0.39, 0.29) is 11.3 Å². The van der Waals surface area contributed by atoms with Crippen LogP contribution in [0.25, 0.3) is 48.5 Å². The first-order valence-electron chi connectivity index (χ1n) is 14.0. The molecule has 7 aromatic rings. The summed E-state index contributed by atoms with van der Waals surface area (Å²) in [6.07, 6.45) is 4.03. The lowest BCUT2D eigenvalue weighted by Crippen LogP contribution is -2.41. The molecule has 212 valence electrons. The molecule has 0 fully saturated rings. The molecular weight excluding hydrogens is 534 g/mol. The minimum Gasteiger partial charge on any atom is -0.354 e. The second-order valence-electron chi connectivity index (χ2n) is 11.3. The van der Waals surface area contributed by atoms with Gasteiger partial charge in [-0.1, -0.05) is 24.3 Å². The average Bonchev–Trinajstić information content (AvgIpc) is 3.58. The van der Waals surface area contributed by atoms with Crippen LogP contribution in [0.1, 0.15) is 29.8 Å². The van der Waals surface area contributed by atoms with Gasteiger partial charge in [-0.3, -0.25) is 9.59 Å². The van der Waals surface area contributed by atoms with Crippen molar-refractivity contribution in [2.24, 2.45) is 14.1 Å². The van der Waals surface area contributed by atoms with Gasteiger partial charge < -0.3 is 19.4 Å². The third kappa shape index (κ3) is 5.15. The highest BCUT2D eigenvalue weighted by Crippen LogP contribution is 2.26. The lowest BCUT2D eigenvalue weighted by Gasteiger charge is -2.27. The molecule has 0 bridgehead atoms. The fourth-order valence-corrected chi connectivity index (χ4v) is 5.50. The van der Waals surface area contributed by atoms with E-state index in [4.69, 9.17) is 6.57 Å². The van der Waals surface area contributed by atoms with Gasteiger partial charge in [-0.15, -0.1) is 0 Å². The first-order valence-corrected chi connectivity index (χ1v) is 14.0. The highest BCUT2D eigenvalue weighted by atomic mass is 16.1. The van der Waals surface area contributed by atoms with Crippen LogP contribution in [-0.2, 0) is 19.6 Å². The van der Waals surface area contributed by atoms with Crippen LogP contribution in [0.3, 0.4) is 0 Å². The lowest BCUT2D eigenvalue weighted by atomic mass is 9.92. The maximum absolute atomic E-state index is 13.1. The predicted molar refractivity (Wildman–Crippen MR) is 175 cm³/mol. The number of rotatable bonds is 3. The van der Waals surface area contributed by atoms with Crippen LogP contribution in [-0.4, -0.2) is 20.0 Å². The molecule has 0 saturated heterocycles. The Morgan fingerprint density at radius 2 is 1.44 bits per heavy atom. The Hall–Kier alpha value is -5.61. The summed E-state index contributed by atoms with van der Waals surface area (Å²) in [5, 5.41) is 6.62. The van der Waals surface area contributed by atoms with E-state index in [0.29, 0.717) is 27.5 Å². The van der Waals surface area contributed by atoms with Gasteiger partial charge in [0.1, 0.15) is 0 Å². The molecule has 7 rings (SSSR count). The Kier molecular flexibility index (Phi) is 6.83. The number of nitrogens with zero attached hydrogens (tertiary/aromatic N) is 3. The molecule has 43 heavy (non-hydrogen) atoms. The maximum Gasteiger partial charge on any atom is 0.252 e. The van der Waals surface area contributed by atoms with Gasteiger partial charge in [0.25, 0.3) is 5.91 Å². The third-order valence-electron chi connectivity index (χ3n) is 8.00. The first kappa shape index (κ1) is 27.6. The number of aryl methyl sites for hydroxylation is 2. The third-order valence-corrected chi connectivity index (χ3v) is 8.00. The van der Waals surface area contributed by atoms with E-state index in [1.807, 2.05) is 93.4 Å². The number of pyridine rings is 1. The second kappa shape index (κ2) is 10.7. The van der Waals surface area contributed by atoms with Crippen molar-refractivity contribution < 1.29 is 4.79 Å². The number of benzene rings is 4. The van der Waals surface area contributed by atoms with Crippen LogP contribution in [0.2, 0.25) is 0 Å². The van der Waals surface area contributed by atoms with Crippen molar-refractivity contribution in [1.82, 2.24) is 19.4 Å². The molecule has 2 N–H and O–H groups in total. The molecule has 0 unspecified atom stereocenters. The Labute approximate surface area is 248 Å². The summed E-state index contributed by atoms with van der Waals surface area (Å²) in [5.41, 5.74) is 5.37. The Bertz CT molecular complexity index is 2280. The summed E-state index contributed by atoms with van der Waals surface area (Å²) in [5.74, 6) is -0.186. The molecule has 0 atom stereocenters. The standard InChI is InChI=1S/C26H23N3O2.C10H8N2/c1-26(2,18-9-11-23-16(14-18)12-13-29(23)3)28-25(31)17-8-10-20-22(15-17)27-21-7-5-4-6-19(21)24(20)30;1-11-9-3-4-10-8(7-9)5-6-12(10)2/h4-15H,1-3H3,(H,27,30)(H,28,31);3-7H,2H3. The van der Waals surface area contributed by atoms with Gasteiger partial charge >= 0.3 is 0 Å². The van der Waals surface area contributed by atoms with Crippen LogP contribution in [0.4, 0.5) is 5.69 Å².